The van der Waals surface area contributed by atoms with Crippen molar-refractivity contribution >= 4 is 17.0 Å². The summed E-state index contributed by atoms with van der Waals surface area (Å²) in [6.45, 7) is 5.31. The van der Waals surface area contributed by atoms with Gasteiger partial charge in [-0.1, -0.05) is 0 Å². The van der Waals surface area contributed by atoms with Crippen LogP contribution in [-0.4, -0.2) is 25.0 Å². The molecular weight excluding hydrogens is 271 g/mol. The van der Waals surface area contributed by atoms with E-state index in [-0.39, 0.29) is 6.42 Å². The minimum atomic E-state index is -1.44. The first-order valence-corrected chi connectivity index (χ1v) is 6.86. The van der Waals surface area contributed by atoms with Gasteiger partial charge in [0.15, 0.2) is 0 Å². The van der Waals surface area contributed by atoms with Crippen molar-refractivity contribution in [2.75, 3.05) is 0 Å². The third kappa shape index (κ3) is 5.04. The largest absolute Gasteiger partial charge is 0.481 e. The maximum Gasteiger partial charge on any atom is 0.305 e. The molecule has 0 saturated heterocycles. The lowest BCUT2D eigenvalue weighted by molar-refractivity contribution is -0.137. The Bertz CT molecular complexity index is 471. The Balaban J connectivity index is 2.92. The van der Waals surface area contributed by atoms with Crippen LogP contribution in [0.15, 0.2) is 18.3 Å². The van der Waals surface area contributed by atoms with E-state index in [1.165, 1.54) is 12.1 Å². The Morgan fingerprint density at radius 1 is 1.53 bits per heavy atom. The zero-order valence-electron chi connectivity index (χ0n) is 11.0. The smallest absolute Gasteiger partial charge is 0.305 e. The number of pyridine rings is 1. The van der Waals surface area contributed by atoms with Crippen LogP contribution < -0.4 is 4.72 Å². The Labute approximate surface area is 113 Å². The second-order valence-electron chi connectivity index (χ2n) is 5.05. The first-order valence-electron chi connectivity index (χ1n) is 5.71. The molecule has 2 N–H and O–H groups in total. The lowest BCUT2D eigenvalue weighted by atomic mass is 10.1. The van der Waals surface area contributed by atoms with E-state index in [1.807, 2.05) is 0 Å². The minimum Gasteiger partial charge on any atom is -0.481 e. The fraction of sp³-hybridized carbons (Fsp3) is 0.500. The molecule has 0 aliphatic carbocycles. The van der Waals surface area contributed by atoms with Crippen LogP contribution in [0.3, 0.4) is 0 Å². The predicted molar refractivity (Wildman–Crippen MR) is 70.2 cm³/mol. The monoisotopic (exact) mass is 288 g/mol. The van der Waals surface area contributed by atoms with E-state index in [9.17, 15) is 13.4 Å². The van der Waals surface area contributed by atoms with Gasteiger partial charge in [-0.25, -0.2) is 13.3 Å². The van der Waals surface area contributed by atoms with Gasteiger partial charge in [0.1, 0.15) is 5.82 Å². The summed E-state index contributed by atoms with van der Waals surface area (Å²) in [6, 6.07) is 1.85. The van der Waals surface area contributed by atoms with Crippen LogP contribution in [0.25, 0.3) is 0 Å². The predicted octanol–water partition coefficient (Wildman–Crippen LogP) is 1.79. The number of nitrogens with one attached hydrogen (secondary N) is 1. The van der Waals surface area contributed by atoms with Gasteiger partial charge in [-0.2, -0.15) is 0 Å². The Morgan fingerprint density at radius 2 is 2.16 bits per heavy atom. The molecule has 2 unspecified atom stereocenters. The maximum atomic E-state index is 12.8. The van der Waals surface area contributed by atoms with Crippen molar-refractivity contribution in [3.63, 3.8) is 0 Å². The van der Waals surface area contributed by atoms with Gasteiger partial charge in [0.25, 0.3) is 0 Å². The average Bonchev–Trinajstić information content (AvgIpc) is 2.27. The van der Waals surface area contributed by atoms with E-state index >= 15 is 0 Å². The molecule has 0 radical (unpaired) electrons. The van der Waals surface area contributed by atoms with Crippen molar-refractivity contribution < 1.29 is 18.5 Å². The zero-order chi connectivity index (χ0) is 14.6. The van der Waals surface area contributed by atoms with E-state index in [0.717, 1.165) is 6.20 Å². The van der Waals surface area contributed by atoms with E-state index in [1.54, 1.807) is 20.8 Å². The summed E-state index contributed by atoms with van der Waals surface area (Å²) in [5.41, 5.74) is 0.349. The molecule has 1 aromatic heterocycles. The standard InChI is InChI=1S/C12H17FN2O3S/c1-12(2,3)19(18)15-10(6-11(16)17)9-5-4-8(13)7-14-9/h4-5,7,10,15H,6H2,1-3H3,(H,16,17). The van der Waals surface area contributed by atoms with E-state index < -0.39 is 33.6 Å². The fourth-order valence-corrected chi connectivity index (χ4v) is 2.10. The topological polar surface area (TPSA) is 79.3 Å². The van der Waals surface area contributed by atoms with Gasteiger partial charge in [0.05, 0.1) is 40.1 Å². The van der Waals surface area contributed by atoms with E-state index in [0.29, 0.717) is 5.69 Å². The molecule has 1 aromatic rings. The molecule has 2 atom stereocenters. The lowest BCUT2D eigenvalue weighted by Gasteiger charge is -2.23. The molecule has 5 nitrogen and oxygen atoms in total. The van der Waals surface area contributed by atoms with Crippen LogP contribution >= 0.6 is 0 Å². The van der Waals surface area contributed by atoms with Crippen molar-refractivity contribution in [2.24, 2.45) is 0 Å². The van der Waals surface area contributed by atoms with Crippen molar-refractivity contribution in [3.8, 4) is 0 Å². The lowest BCUT2D eigenvalue weighted by Crippen LogP contribution is -2.36. The summed E-state index contributed by atoms with van der Waals surface area (Å²) in [4.78, 5) is 14.7. The first-order chi connectivity index (χ1) is 8.70. The molecule has 0 bridgehead atoms. The van der Waals surface area contributed by atoms with Gasteiger partial charge in [0.2, 0.25) is 0 Å². The highest BCUT2D eigenvalue weighted by atomic mass is 32.2. The fourth-order valence-electron chi connectivity index (χ4n) is 1.28. The molecule has 1 heterocycles. The first kappa shape index (κ1) is 15.7. The Kier molecular flexibility index (Phi) is 5.13. The third-order valence-corrected chi connectivity index (χ3v) is 3.90. The second kappa shape index (κ2) is 6.21. The number of halogens is 1. The van der Waals surface area contributed by atoms with Crippen molar-refractivity contribution in [1.82, 2.24) is 9.71 Å². The van der Waals surface area contributed by atoms with Gasteiger partial charge in [-0.3, -0.25) is 9.78 Å². The normalized spacial score (nSPS) is 14.9. The van der Waals surface area contributed by atoms with Gasteiger partial charge in [-0.15, -0.1) is 0 Å². The number of aromatic nitrogens is 1. The molecule has 0 aliphatic rings. The number of carboxylic acids is 1. The number of aliphatic carboxylic acids is 1. The van der Waals surface area contributed by atoms with Crippen LogP contribution in [-0.2, 0) is 15.8 Å². The van der Waals surface area contributed by atoms with Gasteiger partial charge in [0, 0.05) is 0 Å². The molecule has 0 aliphatic heterocycles. The Morgan fingerprint density at radius 3 is 2.58 bits per heavy atom. The second-order valence-corrected chi connectivity index (χ2v) is 7.05. The number of hydrogen-bond donors (Lipinski definition) is 2. The molecule has 0 amide bonds. The highest BCUT2D eigenvalue weighted by Gasteiger charge is 2.25. The summed E-state index contributed by atoms with van der Waals surface area (Å²) in [6.07, 6.45) is 0.728. The molecule has 0 saturated carbocycles. The van der Waals surface area contributed by atoms with E-state index in [4.69, 9.17) is 5.11 Å². The summed E-state index contributed by atoms with van der Waals surface area (Å²) >= 11 is 0. The van der Waals surface area contributed by atoms with Gasteiger partial charge >= 0.3 is 5.97 Å². The maximum absolute atomic E-state index is 12.8. The van der Waals surface area contributed by atoms with Crippen molar-refractivity contribution in [1.29, 1.82) is 0 Å². The number of carbonyl (C=O) groups is 1. The minimum absolute atomic E-state index is 0.277. The molecule has 7 heteroatoms. The molecule has 0 spiro atoms. The summed E-state index contributed by atoms with van der Waals surface area (Å²) in [5.74, 6) is -1.55. The van der Waals surface area contributed by atoms with Crippen molar-refractivity contribution in [2.45, 2.75) is 38.0 Å². The van der Waals surface area contributed by atoms with Crippen LogP contribution in [0, 0.1) is 5.82 Å². The number of nitrogens with zero attached hydrogens (tertiary/aromatic N) is 1. The molecule has 19 heavy (non-hydrogen) atoms. The molecule has 0 fully saturated rings. The number of rotatable bonds is 5. The van der Waals surface area contributed by atoms with Gasteiger partial charge in [-0.05, 0) is 32.9 Å². The molecule has 1 rings (SSSR count). The average molecular weight is 288 g/mol. The summed E-state index contributed by atoms with van der Waals surface area (Å²) in [7, 11) is -1.44. The zero-order valence-corrected chi connectivity index (χ0v) is 11.8. The Hall–Kier alpha value is -1.34. The molecular formula is C12H17FN2O3S. The summed E-state index contributed by atoms with van der Waals surface area (Å²) in [5, 5.41) is 8.87. The highest BCUT2D eigenvalue weighted by molar-refractivity contribution is 7.84. The third-order valence-electron chi connectivity index (χ3n) is 2.29. The van der Waals surface area contributed by atoms with Crippen molar-refractivity contribution in [3.05, 3.63) is 29.8 Å². The van der Waals surface area contributed by atoms with E-state index in [2.05, 4.69) is 9.71 Å². The van der Waals surface area contributed by atoms with Crippen LogP contribution in [0.5, 0.6) is 0 Å². The van der Waals surface area contributed by atoms with Crippen LogP contribution in [0.2, 0.25) is 0 Å². The quantitative estimate of drug-likeness (QED) is 0.865. The molecule has 0 aromatic carbocycles. The van der Waals surface area contributed by atoms with Crippen LogP contribution in [0.1, 0.15) is 38.9 Å². The van der Waals surface area contributed by atoms with Gasteiger partial charge < -0.3 is 5.11 Å². The number of hydrogen-bond acceptors (Lipinski definition) is 3. The molecule has 106 valence electrons. The summed E-state index contributed by atoms with van der Waals surface area (Å²) < 4.78 is 27.0. The number of carboxylic acid groups (broad SMARTS) is 1. The SMILES string of the molecule is CC(C)(C)S(=O)NC(CC(=O)O)c1ccc(F)cn1. The van der Waals surface area contributed by atoms with Crippen LogP contribution in [0.4, 0.5) is 4.39 Å². The highest BCUT2D eigenvalue weighted by Crippen LogP contribution is 2.19.